The van der Waals surface area contributed by atoms with Crippen LogP contribution in [0.25, 0.3) is 44.0 Å². The van der Waals surface area contributed by atoms with Crippen LogP contribution in [0.2, 0.25) is 0 Å². The second-order valence-electron chi connectivity index (χ2n) is 8.90. The lowest BCUT2D eigenvalue weighted by molar-refractivity contribution is 0.100. The van der Waals surface area contributed by atoms with Crippen molar-refractivity contribution in [2.75, 3.05) is 6.54 Å². The lowest BCUT2D eigenvalue weighted by Gasteiger charge is -2.06. The molecule has 0 saturated carbocycles. The van der Waals surface area contributed by atoms with Gasteiger partial charge in [0.2, 0.25) is 5.91 Å². The van der Waals surface area contributed by atoms with Crippen molar-refractivity contribution in [2.45, 2.75) is 12.8 Å². The number of halogens is 1. The molecule has 5 nitrogen and oxygen atoms in total. The smallest absolute Gasteiger partial charge is 0.248 e. The van der Waals surface area contributed by atoms with Crippen LogP contribution in [0.3, 0.4) is 0 Å². The second kappa shape index (κ2) is 9.53. The molecule has 0 unspecified atom stereocenters. The Bertz CT molecular complexity index is 1710. The standard InChI is InChI=1S/C30H25N3O2.ClH/c31-15-14-22-25-17-20(21-5-3-6-24-23-4-1-2-7-28(23)35-29(21)24)12-13-26(25)33-27(22)16-18-8-10-19(11-9-18)30(32)34;/h1-13,17,33H,14-16,31H2,(H2,32,34);1H. The molecule has 180 valence electrons. The Kier molecular flexibility index (Phi) is 6.27. The first-order valence-electron chi connectivity index (χ1n) is 11.8. The van der Waals surface area contributed by atoms with Crippen molar-refractivity contribution in [3.63, 3.8) is 0 Å². The minimum Gasteiger partial charge on any atom is -0.455 e. The zero-order valence-electron chi connectivity index (χ0n) is 19.6. The lowest BCUT2D eigenvalue weighted by Crippen LogP contribution is -2.10. The number of furan rings is 1. The fourth-order valence-corrected chi connectivity index (χ4v) is 5.02. The predicted molar refractivity (Wildman–Crippen MR) is 149 cm³/mol. The highest BCUT2D eigenvalue weighted by molar-refractivity contribution is 6.10. The first-order chi connectivity index (χ1) is 17.1. The molecule has 0 fully saturated rings. The van der Waals surface area contributed by atoms with Crippen molar-refractivity contribution in [1.29, 1.82) is 0 Å². The summed E-state index contributed by atoms with van der Waals surface area (Å²) >= 11 is 0. The number of hydrogen-bond acceptors (Lipinski definition) is 3. The molecule has 0 atom stereocenters. The van der Waals surface area contributed by atoms with Crippen molar-refractivity contribution < 1.29 is 9.21 Å². The molecular weight excluding hydrogens is 470 g/mol. The van der Waals surface area contributed by atoms with Crippen LogP contribution in [0.4, 0.5) is 0 Å². The van der Waals surface area contributed by atoms with Crippen molar-refractivity contribution in [2.24, 2.45) is 11.5 Å². The van der Waals surface area contributed by atoms with Gasteiger partial charge in [0.1, 0.15) is 11.2 Å². The predicted octanol–water partition coefficient (Wildman–Crippen LogP) is 6.35. The summed E-state index contributed by atoms with van der Waals surface area (Å²) in [5, 5.41) is 3.42. The number of hydrogen-bond donors (Lipinski definition) is 3. The Morgan fingerprint density at radius 3 is 2.42 bits per heavy atom. The van der Waals surface area contributed by atoms with Crippen molar-refractivity contribution in [3.8, 4) is 11.1 Å². The number of benzene rings is 4. The summed E-state index contributed by atoms with van der Waals surface area (Å²) in [7, 11) is 0. The van der Waals surface area contributed by atoms with Crippen LogP contribution in [0.1, 0.15) is 27.2 Å². The fourth-order valence-electron chi connectivity index (χ4n) is 5.02. The summed E-state index contributed by atoms with van der Waals surface area (Å²) in [5.74, 6) is -0.419. The van der Waals surface area contributed by atoms with E-state index >= 15 is 0 Å². The maximum atomic E-state index is 11.4. The van der Waals surface area contributed by atoms with Crippen molar-refractivity contribution in [3.05, 3.63) is 107 Å². The van der Waals surface area contributed by atoms with E-state index in [0.29, 0.717) is 12.1 Å². The summed E-state index contributed by atoms with van der Waals surface area (Å²) in [4.78, 5) is 15.0. The first-order valence-corrected chi connectivity index (χ1v) is 11.8. The fraction of sp³-hybridized carbons (Fsp3) is 0.100. The number of para-hydroxylation sites is 2. The average molecular weight is 496 g/mol. The van der Waals surface area contributed by atoms with Crippen LogP contribution in [-0.4, -0.2) is 17.4 Å². The zero-order valence-corrected chi connectivity index (χ0v) is 20.4. The number of carbonyl (C=O) groups is 1. The first kappa shape index (κ1) is 23.7. The maximum absolute atomic E-state index is 11.4. The molecule has 2 aromatic heterocycles. The van der Waals surface area contributed by atoms with Gasteiger partial charge < -0.3 is 20.9 Å². The number of carbonyl (C=O) groups excluding carboxylic acids is 1. The summed E-state index contributed by atoms with van der Waals surface area (Å²) in [6.07, 6.45) is 1.49. The molecule has 0 spiro atoms. The number of aromatic amines is 1. The quantitative estimate of drug-likeness (QED) is 0.251. The molecule has 6 rings (SSSR count). The van der Waals surface area contributed by atoms with Crippen molar-refractivity contribution in [1.82, 2.24) is 4.98 Å². The number of amides is 1. The number of primary amides is 1. The lowest BCUT2D eigenvalue weighted by atomic mass is 9.98. The maximum Gasteiger partial charge on any atom is 0.248 e. The Morgan fingerprint density at radius 2 is 1.64 bits per heavy atom. The highest BCUT2D eigenvalue weighted by atomic mass is 35.5. The molecule has 0 saturated heterocycles. The van der Waals surface area contributed by atoms with Crippen molar-refractivity contribution >= 4 is 51.2 Å². The highest BCUT2D eigenvalue weighted by Crippen LogP contribution is 2.37. The summed E-state index contributed by atoms with van der Waals surface area (Å²) in [6, 6.07) is 28.4. The molecular formula is C30H26ClN3O2. The van der Waals surface area contributed by atoms with Gasteiger partial charge in [0.15, 0.2) is 0 Å². The van der Waals surface area contributed by atoms with Gasteiger partial charge in [0.25, 0.3) is 0 Å². The SMILES string of the molecule is Cl.NCCc1c(Cc2ccc(C(N)=O)cc2)[nH]c2ccc(-c3cccc4c3oc3ccccc34)cc12. The van der Waals surface area contributed by atoms with E-state index in [1.807, 2.05) is 30.3 Å². The Morgan fingerprint density at radius 1 is 0.861 bits per heavy atom. The van der Waals surface area contributed by atoms with Gasteiger partial charge in [-0.05, 0) is 60.0 Å². The summed E-state index contributed by atoms with van der Waals surface area (Å²) in [5.41, 5.74) is 20.4. The normalized spacial score (nSPS) is 11.2. The van der Waals surface area contributed by atoms with Gasteiger partial charge in [-0.3, -0.25) is 4.79 Å². The van der Waals surface area contributed by atoms with Gasteiger partial charge in [-0.2, -0.15) is 0 Å². The molecule has 6 heteroatoms. The van der Waals surface area contributed by atoms with Crippen LogP contribution in [0, 0.1) is 0 Å². The summed E-state index contributed by atoms with van der Waals surface area (Å²) in [6.45, 7) is 0.559. The Labute approximate surface area is 214 Å². The minimum atomic E-state index is -0.419. The monoisotopic (exact) mass is 495 g/mol. The molecule has 0 bridgehead atoms. The third-order valence-corrected chi connectivity index (χ3v) is 6.72. The molecule has 1 amide bonds. The Balaban J connectivity index is 0.00000267. The number of H-pyrrole nitrogens is 1. The third-order valence-electron chi connectivity index (χ3n) is 6.72. The molecule has 2 heterocycles. The molecule has 0 aliphatic heterocycles. The number of fused-ring (bicyclic) bond motifs is 4. The van der Waals surface area contributed by atoms with Gasteiger partial charge in [0.05, 0.1) is 0 Å². The van der Waals surface area contributed by atoms with Crippen LogP contribution >= 0.6 is 12.4 Å². The molecule has 6 aromatic rings. The second-order valence-corrected chi connectivity index (χ2v) is 8.90. The van der Waals surface area contributed by atoms with Crippen LogP contribution in [0.15, 0.2) is 89.3 Å². The Hall–Kier alpha value is -4.06. The van der Waals surface area contributed by atoms with E-state index in [9.17, 15) is 4.79 Å². The van der Waals surface area contributed by atoms with Crippen LogP contribution in [0.5, 0.6) is 0 Å². The largest absolute Gasteiger partial charge is 0.455 e. The van der Waals surface area contributed by atoms with Crippen LogP contribution in [-0.2, 0) is 12.8 Å². The molecule has 0 aliphatic rings. The number of aromatic nitrogens is 1. The average Bonchev–Trinajstić information content (AvgIpc) is 3.42. The van der Waals surface area contributed by atoms with E-state index in [2.05, 4.69) is 47.4 Å². The zero-order chi connectivity index (χ0) is 23.9. The van der Waals surface area contributed by atoms with Crippen LogP contribution < -0.4 is 11.5 Å². The van der Waals surface area contributed by atoms with E-state index in [4.69, 9.17) is 15.9 Å². The van der Waals surface area contributed by atoms with E-state index < -0.39 is 5.91 Å². The van der Waals surface area contributed by atoms with Gasteiger partial charge in [-0.1, -0.05) is 54.6 Å². The van der Waals surface area contributed by atoms with Gasteiger partial charge in [0, 0.05) is 44.9 Å². The number of nitrogens with one attached hydrogen (secondary N) is 1. The molecule has 0 radical (unpaired) electrons. The highest BCUT2D eigenvalue weighted by Gasteiger charge is 2.16. The number of nitrogens with two attached hydrogens (primary N) is 2. The minimum absolute atomic E-state index is 0. The molecule has 36 heavy (non-hydrogen) atoms. The third kappa shape index (κ3) is 4.02. The van der Waals surface area contributed by atoms with E-state index in [0.717, 1.165) is 62.7 Å². The molecule has 4 aromatic carbocycles. The molecule has 5 N–H and O–H groups in total. The van der Waals surface area contributed by atoms with Gasteiger partial charge >= 0.3 is 0 Å². The van der Waals surface area contributed by atoms with Gasteiger partial charge in [-0.15, -0.1) is 12.4 Å². The number of rotatable bonds is 6. The topological polar surface area (TPSA) is 98.0 Å². The van der Waals surface area contributed by atoms with E-state index in [-0.39, 0.29) is 12.4 Å². The van der Waals surface area contributed by atoms with E-state index in [1.54, 1.807) is 12.1 Å². The molecule has 0 aliphatic carbocycles. The summed E-state index contributed by atoms with van der Waals surface area (Å²) < 4.78 is 6.28. The van der Waals surface area contributed by atoms with Gasteiger partial charge in [-0.25, -0.2) is 0 Å². The van der Waals surface area contributed by atoms with E-state index in [1.165, 1.54) is 10.9 Å².